The fraction of sp³-hybridized carbons (Fsp3) is 0.278. The van der Waals surface area contributed by atoms with Crippen LogP contribution in [0.15, 0.2) is 53.4 Å². The van der Waals surface area contributed by atoms with Crippen LogP contribution in [0.3, 0.4) is 0 Å². The standard InChI is InChI=1S/C18H19Cl2NO6S/c1-12(22)17(18(23)27-10-9-26-13-5-3-2-4-6-13)21-28(24,25)14-7-8-15(19)16(20)11-14/h2-8,11-12,17,21-22H,9-10H2,1H3/t12-,17+/m0/s1. The van der Waals surface area contributed by atoms with E-state index < -0.39 is 28.1 Å². The van der Waals surface area contributed by atoms with E-state index >= 15 is 0 Å². The summed E-state index contributed by atoms with van der Waals surface area (Å²) in [5, 5.41) is 10.0. The molecule has 0 saturated carbocycles. The highest BCUT2D eigenvalue weighted by atomic mass is 35.5. The van der Waals surface area contributed by atoms with Gasteiger partial charge in [-0.25, -0.2) is 8.42 Å². The number of rotatable bonds is 9. The molecule has 10 heteroatoms. The summed E-state index contributed by atoms with van der Waals surface area (Å²) in [6, 6.07) is 11.1. The Morgan fingerprint density at radius 3 is 2.39 bits per heavy atom. The second-order valence-corrected chi connectivity index (χ2v) is 8.27. The van der Waals surface area contributed by atoms with Crippen LogP contribution in [0.1, 0.15) is 6.92 Å². The molecule has 0 fully saturated rings. The van der Waals surface area contributed by atoms with Crippen molar-refractivity contribution in [1.82, 2.24) is 4.72 Å². The van der Waals surface area contributed by atoms with Crippen molar-refractivity contribution in [3.63, 3.8) is 0 Å². The number of benzene rings is 2. The first-order chi connectivity index (χ1) is 13.2. The molecule has 0 unspecified atom stereocenters. The lowest BCUT2D eigenvalue weighted by Crippen LogP contribution is -2.48. The van der Waals surface area contributed by atoms with Crippen LogP contribution in [0.2, 0.25) is 10.0 Å². The number of hydrogen-bond acceptors (Lipinski definition) is 6. The summed E-state index contributed by atoms with van der Waals surface area (Å²) >= 11 is 11.6. The van der Waals surface area contributed by atoms with Gasteiger partial charge < -0.3 is 14.6 Å². The number of carbonyl (C=O) groups excluding carboxylic acids is 1. The first-order valence-corrected chi connectivity index (χ1v) is 10.4. The summed E-state index contributed by atoms with van der Waals surface area (Å²) in [4.78, 5) is 12.0. The van der Waals surface area contributed by atoms with Crippen molar-refractivity contribution < 1.29 is 27.8 Å². The highest BCUT2D eigenvalue weighted by molar-refractivity contribution is 7.89. The maximum absolute atomic E-state index is 12.5. The molecule has 0 saturated heterocycles. The number of nitrogens with one attached hydrogen (secondary N) is 1. The van der Waals surface area contributed by atoms with Gasteiger partial charge in [-0.15, -0.1) is 0 Å². The lowest BCUT2D eigenvalue weighted by atomic mass is 10.2. The smallest absolute Gasteiger partial charge is 0.326 e. The molecule has 7 nitrogen and oxygen atoms in total. The monoisotopic (exact) mass is 447 g/mol. The van der Waals surface area contributed by atoms with Crippen molar-refractivity contribution >= 4 is 39.2 Å². The molecule has 0 bridgehead atoms. The third kappa shape index (κ3) is 6.35. The van der Waals surface area contributed by atoms with Gasteiger partial charge in [-0.2, -0.15) is 4.72 Å². The van der Waals surface area contributed by atoms with Gasteiger partial charge in [-0.1, -0.05) is 41.4 Å². The highest BCUT2D eigenvalue weighted by Gasteiger charge is 2.31. The van der Waals surface area contributed by atoms with Gasteiger partial charge in [0.2, 0.25) is 10.0 Å². The van der Waals surface area contributed by atoms with Gasteiger partial charge in [-0.05, 0) is 37.3 Å². The Kier molecular flexibility index (Phi) is 8.09. The number of halogens is 2. The molecule has 2 aromatic carbocycles. The summed E-state index contributed by atoms with van der Waals surface area (Å²) < 4.78 is 37.5. The van der Waals surface area contributed by atoms with E-state index in [1.807, 2.05) is 6.07 Å². The minimum absolute atomic E-state index is 0.0405. The van der Waals surface area contributed by atoms with Gasteiger partial charge in [0.15, 0.2) is 0 Å². The normalized spacial score (nSPS) is 13.6. The van der Waals surface area contributed by atoms with Crippen LogP contribution in [-0.2, 0) is 19.6 Å². The van der Waals surface area contributed by atoms with E-state index in [1.165, 1.54) is 19.1 Å². The van der Waals surface area contributed by atoms with Gasteiger partial charge in [-0.3, -0.25) is 4.79 Å². The number of esters is 1. The highest BCUT2D eigenvalue weighted by Crippen LogP contribution is 2.25. The van der Waals surface area contributed by atoms with Crippen LogP contribution in [-0.4, -0.2) is 44.9 Å². The summed E-state index contributed by atoms with van der Waals surface area (Å²) in [7, 11) is -4.15. The van der Waals surface area contributed by atoms with Gasteiger partial charge in [0.05, 0.1) is 21.0 Å². The molecule has 28 heavy (non-hydrogen) atoms. The quantitative estimate of drug-likeness (QED) is 0.452. The minimum atomic E-state index is -4.15. The van der Waals surface area contributed by atoms with Crippen molar-refractivity contribution in [1.29, 1.82) is 0 Å². The second kappa shape index (κ2) is 10.1. The van der Waals surface area contributed by atoms with Crippen molar-refractivity contribution in [2.75, 3.05) is 13.2 Å². The Labute approximate surface area is 173 Å². The number of hydrogen-bond donors (Lipinski definition) is 2. The van der Waals surface area contributed by atoms with Crippen LogP contribution in [0.25, 0.3) is 0 Å². The SMILES string of the molecule is C[C@H](O)[C@@H](NS(=O)(=O)c1ccc(Cl)c(Cl)c1)C(=O)OCCOc1ccccc1. The zero-order chi connectivity index (χ0) is 20.7. The van der Waals surface area contributed by atoms with Gasteiger partial charge in [0.25, 0.3) is 0 Å². The van der Waals surface area contributed by atoms with Crippen LogP contribution >= 0.6 is 23.2 Å². The average Bonchev–Trinajstić information content (AvgIpc) is 2.66. The minimum Gasteiger partial charge on any atom is -0.490 e. The van der Waals surface area contributed by atoms with E-state index in [4.69, 9.17) is 32.7 Å². The van der Waals surface area contributed by atoms with Crippen LogP contribution < -0.4 is 9.46 Å². The Morgan fingerprint density at radius 1 is 1.11 bits per heavy atom. The van der Waals surface area contributed by atoms with Gasteiger partial charge in [0.1, 0.15) is 25.0 Å². The number of aliphatic hydroxyl groups is 1. The lowest BCUT2D eigenvalue weighted by molar-refractivity contribution is -0.149. The van der Waals surface area contributed by atoms with Crippen molar-refractivity contribution in [2.24, 2.45) is 0 Å². The molecule has 0 aliphatic heterocycles. The summed E-state index contributed by atoms with van der Waals surface area (Å²) in [5.74, 6) is -0.332. The van der Waals surface area contributed by atoms with Gasteiger partial charge >= 0.3 is 5.97 Å². The number of carbonyl (C=O) groups is 1. The zero-order valence-electron chi connectivity index (χ0n) is 14.8. The number of aliphatic hydroxyl groups excluding tert-OH is 1. The van der Waals surface area contributed by atoms with Crippen LogP contribution in [0, 0.1) is 0 Å². The van der Waals surface area contributed by atoms with E-state index in [-0.39, 0.29) is 28.2 Å². The Bertz CT molecular complexity index is 906. The molecule has 0 spiro atoms. The predicted molar refractivity (Wildman–Crippen MR) is 105 cm³/mol. The largest absolute Gasteiger partial charge is 0.490 e. The number of ether oxygens (including phenoxy) is 2. The Balaban J connectivity index is 1.97. The van der Waals surface area contributed by atoms with E-state index in [1.54, 1.807) is 24.3 Å². The Morgan fingerprint density at radius 2 is 1.79 bits per heavy atom. The summed E-state index contributed by atoms with van der Waals surface area (Å²) in [6.07, 6.45) is -1.33. The van der Waals surface area contributed by atoms with Crippen molar-refractivity contribution in [3.05, 3.63) is 58.6 Å². The number of para-hydroxylation sites is 1. The van der Waals surface area contributed by atoms with Gasteiger partial charge in [0, 0.05) is 0 Å². The Hall–Kier alpha value is -1.84. The first-order valence-electron chi connectivity index (χ1n) is 8.20. The van der Waals surface area contributed by atoms with E-state index in [0.29, 0.717) is 5.75 Å². The number of sulfonamides is 1. The van der Waals surface area contributed by atoms with E-state index in [0.717, 1.165) is 6.07 Å². The molecule has 0 aliphatic rings. The fourth-order valence-electron chi connectivity index (χ4n) is 2.13. The molecule has 152 valence electrons. The average molecular weight is 448 g/mol. The maximum atomic E-state index is 12.5. The molecular weight excluding hydrogens is 429 g/mol. The topological polar surface area (TPSA) is 102 Å². The third-order valence-electron chi connectivity index (χ3n) is 3.56. The predicted octanol–water partition coefficient (Wildman–Crippen LogP) is 2.64. The molecular formula is C18H19Cl2NO6S. The molecule has 0 aliphatic carbocycles. The zero-order valence-corrected chi connectivity index (χ0v) is 17.2. The summed E-state index contributed by atoms with van der Waals surface area (Å²) in [5.41, 5.74) is 0. The lowest BCUT2D eigenvalue weighted by Gasteiger charge is -2.20. The third-order valence-corrected chi connectivity index (χ3v) is 5.74. The van der Waals surface area contributed by atoms with Crippen molar-refractivity contribution in [3.8, 4) is 5.75 Å². The first kappa shape index (κ1) is 22.4. The fourth-order valence-corrected chi connectivity index (χ4v) is 3.78. The second-order valence-electron chi connectivity index (χ2n) is 5.74. The van der Waals surface area contributed by atoms with E-state index in [2.05, 4.69) is 4.72 Å². The van der Waals surface area contributed by atoms with E-state index in [9.17, 15) is 18.3 Å². The van der Waals surface area contributed by atoms with Crippen molar-refractivity contribution in [2.45, 2.75) is 24.0 Å². The van der Waals surface area contributed by atoms with Crippen LogP contribution in [0.4, 0.5) is 0 Å². The maximum Gasteiger partial charge on any atom is 0.326 e. The molecule has 0 radical (unpaired) electrons. The molecule has 2 rings (SSSR count). The molecule has 2 N–H and O–H groups in total. The van der Waals surface area contributed by atoms with Crippen LogP contribution in [0.5, 0.6) is 5.75 Å². The molecule has 0 aromatic heterocycles. The molecule has 0 heterocycles. The molecule has 0 amide bonds. The summed E-state index contributed by atoms with van der Waals surface area (Å²) in [6.45, 7) is 1.22. The molecule has 2 aromatic rings. The molecule has 2 atom stereocenters.